The van der Waals surface area contributed by atoms with Gasteiger partial charge in [0.05, 0.1) is 28.2 Å². The second kappa shape index (κ2) is 10.6. The summed E-state index contributed by atoms with van der Waals surface area (Å²) in [6, 6.07) is 8.16. The summed E-state index contributed by atoms with van der Waals surface area (Å²) >= 11 is 0. The van der Waals surface area contributed by atoms with Gasteiger partial charge in [-0.1, -0.05) is 25.1 Å². The third kappa shape index (κ3) is 4.70. The molecular formula is C34H37F2N7O2. The van der Waals surface area contributed by atoms with Gasteiger partial charge in [-0.15, -0.1) is 0 Å². The predicted octanol–water partition coefficient (Wildman–Crippen LogP) is 5.73. The number of aryl methyl sites for hydroxylation is 1. The first-order valence-corrected chi connectivity index (χ1v) is 16.0. The molecule has 0 amide bonds. The van der Waals surface area contributed by atoms with E-state index in [1.54, 1.807) is 19.3 Å². The van der Waals surface area contributed by atoms with Gasteiger partial charge in [-0.3, -0.25) is 15.0 Å². The molecule has 0 unspecified atom stereocenters. The van der Waals surface area contributed by atoms with Gasteiger partial charge in [0.15, 0.2) is 5.82 Å². The van der Waals surface area contributed by atoms with Gasteiger partial charge < -0.3 is 14.7 Å². The van der Waals surface area contributed by atoms with Crippen LogP contribution in [0, 0.1) is 5.82 Å². The minimum Gasteiger partial charge on any atom is -0.461 e. The van der Waals surface area contributed by atoms with E-state index in [4.69, 9.17) is 14.7 Å². The van der Waals surface area contributed by atoms with Gasteiger partial charge >= 0.3 is 6.01 Å². The number of rotatable bonds is 6. The summed E-state index contributed by atoms with van der Waals surface area (Å²) in [6.45, 7) is 6.35. The number of pyridine rings is 1. The fourth-order valence-electron chi connectivity index (χ4n) is 8.03. The molecular weight excluding hydrogens is 576 g/mol. The summed E-state index contributed by atoms with van der Waals surface area (Å²) in [7, 11) is 0. The molecule has 3 aromatic heterocycles. The Labute approximate surface area is 259 Å². The van der Waals surface area contributed by atoms with Crippen LogP contribution in [0.3, 0.4) is 0 Å². The van der Waals surface area contributed by atoms with E-state index in [1.165, 1.54) is 0 Å². The van der Waals surface area contributed by atoms with Crippen LogP contribution in [0.2, 0.25) is 0 Å². The molecule has 6 heterocycles. The topological polar surface area (TPSA) is 103 Å². The molecule has 0 aliphatic carbocycles. The number of β-amino-alcohol motifs (C(OH)–C–C–N with tert-alkyl or cyclic N) is 1. The SMILES string of the molecule is CCc1cccc2cc3[nH]ncc3c(-c3ncc4c(N5CCC[C@@](C)(O)C5)nc(OC[C@]56CCCN5C[C@H](F)C6)nc4c3F)c12. The largest absolute Gasteiger partial charge is 0.461 e. The molecule has 8 rings (SSSR count). The van der Waals surface area contributed by atoms with Gasteiger partial charge in [0.2, 0.25) is 0 Å². The maximum absolute atomic E-state index is 17.1. The van der Waals surface area contributed by atoms with Crippen molar-refractivity contribution in [1.82, 2.24) is 30.0 Å². The van der Waals surface area contributed by atoms with Crippen molar-refractivity contribution in [2.45, 2.75) is 69.7 Å². The van der Waals surface area contributed by atoms with Crippen LogP contribution in [0.5, 0.6) is 6.01 Å². The number of halogens is 2. The first-order valence-electron chi connectivity index (χ1n) is 16.0. The van der Waals surface area contributed by atoms with E-state index in [-0.39, 0.29) is 23.8 Å². The van der Waals surface area contributed by atoms with Crippen LogP contribution in [0.1, 0.15) is 51.5 Å². The number of nitrogens with one attached hydrogen (secondary N) is 1. The number of aliphatic hydroxyl groups is 1. The average molecular weight is 614 g/mol. The Kier molecular flexibility index (Phi) is 6.69. The quantitative estimate of drug-likeness (QED) is 0.250. The van der Waals surface area contributed by atoms with E-state index in [0.717, 1.165) is 59.5 Å². The Morgan fingerprint density at radius 1 is 1.13 bits per heavy atom. The number of aromatic nitrogens is 5. The molecule has 234 valence electrons. The third-order valence-electron chi connectivity index (χ3n) is 10.1. The van der Waals surface area contributed by atoms with Crippen LogP contribution in [0.15, 0.2) is 36.7 Å². The number of hydrogen-bond donors (Lipinski definition) is 2. The molecule has 3 fully saturated rings. The number of benzene rings is 2. The van der Waals surface area contributed by atoms with Crippen LogP contribution in [-0.2, 0) is 6.42 Å². The number of anilines is 1. The molecule has 3 atom stereocenters. The minimum atomic E-state index is -0.919. The first kappa shape index (κ1) is 28.5. The van der Waals surface area contributed by atoms with Gasteiger partial charge in [0.1, 0.15) is 29.8 Å². The maximum atomic E-state index is 17.1. The highest BCUT2D eigenvalue weighted by molar-refractivity contribution is 6.13. The second-order valence-corrected chi connectivity index (χ2v) is 13.4. The third-order valence-corrected chi connectivity index (χ3v) is 10.1. The van der Waals surface area contributed by atoms with Crippen molar-refractivity contribution < 1.29 is 18.6 Å². The zero-order valence-electron chi connectivity index (χ0n) is 25.6. The lowest BCUT2D eigenvalue weighted by Crippen LogP contribution is -2.46. The molecule has 45 heavy (non-hydrogen) atoms. The summed E-state index contributed by atoms with van der Waals surface area (Å²) in [5, 5.41) is 21.4. The summed E-state index contributed by atoms with van der Waals surface area (Å²) in [4.78, 5) is 18.3. The van der Waals surface area contributed by atoms with E-state index in [1.807, 2.05) is 23.1 Å². The van der Waals surface area contributed by atoms with Gasteiger partial charge in [-0.25, -0.2) is 8.78 Å². The van der Waals surface area contributed by atoms with Crippen LogP contribution in [0.4, 0.5) is 14.6 Å². The van der Waals surface area contributed by atoms with Crippen molar-refractivity contribution >= 4 is 38.4 Å². The number of ether oxygens (including phenoxy) is 1. The number of piperidine rings is 1. The average Bonchev–Trinajstić information content (AvgIpc) is 3.72. The monoisotopic (exact) mass is 613 g/mol. The lowest BCUT2D eigenvalue weighted by molar-refractivity contribution is 0.0447. The molecule has 2 N–H and O–H groups in total. The maximum Gasteiger partial charge on any atom is 0.319 e. The zero-order valence-corrected chi connectivity index (χ0v) is 25.6. The number of alkyl halides is 1. The van der Waals surface area contributed by atoms with Crippen LogP contribution in [0.25, 0.3) is 43.8 Å². The van der Waals surface area contributed by atoms with E-state index < -0.39 is 23.1 Å². The Hall–Kier alpha value is -3.96. The molecule has 3 aliphatic rings. The minimum absolute atomic E-state index is 0.0444. The summed E-state index contributed by atoms with van der Waals surface area (Å²) in [5.41, 5.74) is 1.49. The highest BCUT2D eigenvalue weighted by Crippen LogP contribution is 2.42. The molecule has 9 nitrogen and oxygen atoms in total. The van der Waals surface area contributed by atoms with E-state index in [0.29, 0.717) is 49.2 Å². The van der Waals surface area contributed by atoms with Crippen molar-refractivity contribution in [3.63, 3.8) is 0 Å². The molecule has 3 aliphatic heterocycles. The van der Waals surface area contributed by atoms with Crippen molar-refractivity contribution in [1.29, 1.82) is 0 Å². The lowest BCUT2D eigenvalue weighted by Gasteiger charge is -2.38. The van der Waals surface area contributed by atoms with E-state index in [9.17, 15) is 9.50 Å². The molecule has 5 aromatic rings. The van der Waals surface area contributed by atoms with Crippen molar-refractivity contribution in [3.8, 4) is 17.3 Å². The Morgan fingerprint density at radius 2 is 2.00 bits per heavy atom. The second-order valence-electron chi connectivity index (χ2n) is 13.4. The van der Waals surface area contributed by atoms with Gasteiger partial charge in [0, 0.05) is 43.2 Å². The molecule has 0 bridgehead atoms. The molecule has 11 heteroatoms. The number of H-pyrrole nitrogens is 1. The summed E-state index contributed by atoms with van der Waals surface area (Å²) in [6.07, 6.45) is 6.88. The highest BCUT2D eigenvalue weighted by atomic mass is 19.1. The van der Waals surface area contributed by atoms with Gasteiger partial charge in [-0.2, -0.15) is 15.1 Å². The Bertz CT molecular complexity index is 1950. The van der Waals surface area contributed by atoms with Crippen molar-refractivity contribution in [2.24, 2.45) is 0 Å². The number of aromatic amines is 1. The number of hydrogen-bond acceptors (Lipinski definition) is 8. The number of nitrogens with zero attached hydrogens (tertiary/aromatic N) is 6. The summed E-state index contributed by atoms with van der Waals surface area (Å²) < 4.78 is 37.8. The van der Waals surface area contributed by atoms with Crippen LogP contribution in [-0.4, -0.2) is 85.3 Å². The molecule has 3 saturated heterocycles. The molecule has 0 spiro atoms. The molecule has 2 aromatic carbocycles. The predicted molar refractivity (Wildman–Crippen MR) is 170 cm³/mol. The normalized spacial score (nSPS) is 25.5. The fraction of sp³-hybridized carbons (Fsp3) is 0.471. The first-order chi connectivity index (χ1) is 21.7. The van der Waals surface area contributed by atoms with E-state index in [2.05, 4.69) is 33.1 Å². The van der Waals surface area contributed by atoms with Gasteiger partial charge in [-0.05, 0) is 68.0 Å². The van der Waals surface area contributed by atoms with E-state index >= 15 is 4.39 Å². The highest BCUT2D eigenvalue weighted by Gasteiger charge is 2.49. The molecule has 0 radical (unpaired) electrons. The number of fused-ring (bicyclic) bond motifs is 4. The fourth-order valence-corrected chi connectivity index (χ4v) is 8.03. The molecule has 0 saturated carbocycles. The van der Waals surface area contributed by atoms with Gasteiger partial charge in [0.25, 0.3) is 0 Å². The van der Waals surface area contributed by atoms with Crippen LogP contribution < -0.4 is 9.64 Å². The zero-order chi connectivity index (χ0) is 30.9. The van der Waals surface area contributed by atoms with Crippen LogP contribution >= 0.6 is 0 Å². The lowest BCUT2D eigenvalue weighted by atomic mass is 9.92. The Morgan fingerprint density at radius 3 is 2.84 bits per heavy atom. The summed E-state index contributed by atoms with van der Waals surface area (Å²) in [5.74, 6) is -0.0971. The van der Waals surface area contributed by atoms with Crippen molar-refractivity contribution in [3.05, 3.63) is 48.0 Å². The Balaban J connectivity index is 1.31. The smallest absolute Gasteiger partial charge is 0.319 e. The standard InChI is InChI=1S/C34H37F2N7O2/c1-3-20-7-4-8-21-13-25-23(16-38-41-25)27(26(20)21)30-28(36)29-24(15-37-30)31(42-11-5-9-33(2,44)18-42)40-32(39-29)45-19-34-10-6-12-43(34)17-22(35)14-34/h4,7-8,13,15-16,22,44H,3,5-6,9-12,14,17-19H2,1-2H3,(H,38,41)/t22-,33-,34-/m1/s1. The van der Waals surface area contributed by atoms with Crippen molar-refractivity contribution in [2.75, 3.05) is 37.7 Å².